The van der Waals surface area contributed by atoms with Crippen LogP contribution in [0, 0.1) is 5.41 Å². The highest BCUT2D eigenvalue weighted by atomic mass is 14.6. The van der Waals surface area contributed by atoms with Crippen LogP contribution in [-0.4, -0.2) is 6.21 Å². The monoisotopic (exact) mass is 85.1 g/mol. The molecular formula is C3H7N3. The topological polar surface area (TPSA) is 75.9 Å². The standard InChI is InChI=1S/C3H7N3/c4-1-3(6)2-5/h1-2,4H,5-6H2/b3-2+,4-1?. The summed E-state index contributed by atoms with van der Waals surface area (Å²) in [5, 5.41) is 6.41. The second kappa shape index (κ2) is 2.26. The molecule has 0 spiro atoms. The number of nitrogens with one attached hydrogen (secondary N) is 1. The van der Waals surface area contributed by atoms with Gasteiger partial charge in [0.1, 0.15) is 0 Å². The van der Waals surface area contributed by atoms with E-state index in [1.807, 2.05) is 0 Å². The SMILES string of the molecule is N=C/C(N)=C\N. The van der Waals surface area contributed by atoms with Crippen LogP contribution < -0.4 is 11.5 Å². The summed E-state index contributed by atoms with van der Waals surface area (Å²) in [7, 11) is 0. The van der Waals surface area contributed by atoms with Crippen molar-refractivity contribution in [3.8, 4) is 0 Å². The van der Waals surface area contributed by atoms with E-state index in [4.69, 9.17) is 16.9 Å². The van der Waals surface area contributed by atoms with Crippen molar-refractivity contribution in [2.24, 2.45) is 11.5 Å². The first kappa shape index (κ1) is 5.01. The van der Waals surface area contributed by atoms with Crippen molar-refractivity contribution in [1.82, 2.24) is 0 Å². The Hall–Kier alpha value is -0.990. The van der Waals surface area contributed by atoms with E-state index in [1.165, 1.54) is 6.20 Å². The average Bonchev–Trinajstić information content (AvgIpc) is 1.65. The number of allylic oxidation sites excluding steroid dienone is 1. The Morgan fingerprint density at radius 2 is 2.17 bits per heavy atom. The first-order valence-electron chi connectivity index (χ1n) is 1.49. The van der Waals surface area contributed by atoms with Gasteiger partial charge in [0.05, 0.1) is 5.70 Å². The lowest BCUT2D eigenvalue weighted by Gasteiger charge is -1.79. The Morgan fingerprint density at radius 1 is 1.67 bits per heavy atom. The van der Waals surface area contributed by atoms with Gasteiger partial charge in [0, 0.05) is 12.4 Å². The lowest BCUT2D eigenvalue weighted by atomic mass is 10.5. The molecule has 0 bridgehead atoms. The molecule has 0 atom stereocenters. The molecule has 0 aliphatic heterocycles. The molecule has 5 N–H and O–H groups in total. The van der Waals surface area contributed by atoms with Crippen molar-refractivity contribution in [2.75, 3.05) is 0 Å². The van der Waals surface area contributed by atoms with Crippen LogP contribution in [0.2, 0.25) is 0 Å². The van der Waals surface area contributed by atoms with Gasteiger partial charge in [-0.15, -0.1) is 0 Å². The smallest absolute Gasteiger partial charge is 0.0650 e. The van der Waals surface area contributed by atoms with Crippen molar-refractivity contribution in [2.45, 2.75) is 0 Å². The molecule has 0 aliphatic carbocycles. The van der Waals surface area contributed by atoms with Gasteiger partial charge >= 0.3 is 0 Å². The van der Waals surface area contributed by atoms with Gasteiger partial charge in [-0.2, -0.15) is 0 Å². The molecule has 0 aromatic carbocycles. The van der Waals surface area contributed by atoms with Crippen molar-refractivity contribution in [3.05, 3.63) is 11.9 Å². The molecule has 0 rings (SSSR count). The first-order chi connectivity index (χ1) is 2.81. The zero-order chi connectivity index (χ0) is 4.99. The van der Waals surface area contributed by atoms with E-state index in [0.717, 1.165) is 6.21 Å². The molecule has 3 nitrogen and oxygen atoms in total. The molecule has 0 heterocycles. The third-order valence-corrected chi connectivity index (χ3v) is 0.359. The summed E-state index contributed by atoms with van der Waals surface area (Å²) in [4.78, 5) is 0. The van der Waals surface area contributed by atoms with E-state index in [1.54, 1.807) is 0 Å². The van der Waals surface area contributed by atoms with Crippen LogP contribution in [0.1, 0.15) is 0 Å². The minimum Gasteiger partial charge on any atom is -0.403 e. The summed E-state index contributed by atoms with van der Waals surface area (Å²) in [5.74, 6) is 0. The minimum absolute atomic E-state index is 0.287. The van der Waals surface area contributed by atoms with E-state index in [2.05, 4.69) is 0 Å². The molecule has 0 aliphatic rings. The summed E-state index contributed by atoms with van der Waals surface area (Å²) in [6.45, 7) is 0. The number of hydrogen-bond acceptors (Lipinski definition) is 3. The van der Waals surface area contributed by atoms with Crippen molar-refractivity contribution >= 4 is 6.21 Å². The zero-order valence-corrected chi connectivity index (χ0v) is 3.31. The van der Waals surface area contributed by atoms with Crippen LogP contribution in [0.15, 0.2) is 11.9 Å². The molecule has 0 saturated carbocycles. The van der Waals surface area contributed by atoms with Gasteiger partial charge in [0.2, 0.25) is 0 Å². The van der Waals surface area contributed by atoms with Crippen LogP contribution in [0.3, 0.4) is 0 Å². The highest BCUT2D eigenvalue weighted by Gasteiger charge is 1.69. The third-order valence-electron chi connectivity index (χ3n) is 0.359. The van der Waals surface area contributed by atoms with E-state index < -0.39 is 0 Å². The number of rotatable bonds is 1. The summed E-state index contributed by atoms with van der Waals surface area (Å²) in [5.41, 5.74) is 10.1. The maximum Gasteiger partial charge on any atom is 0.0650 e. The van der Waals surface area contributed by atoms with Crippen molar-refractivity contribution < 1.29 is 0 Å². The van der Waals surface area contributed by atoms with Crippen molar-refractivity contribution in [3.63, 3.8) is 0 Å². The molecule has 0 aromatic heterocycles. The van der Waals surface area contributed by atoms with Gasteiger partial charge in [0.25, 0.3) is 0 Å². The van der Waals surface area contributed by atoms with Gasteiger partial charge in [-0.25, -0.2) is 0 Å². The van der Waals surface area contributed by atoms with E-state index in [9.17, 15) is 0 Å². The lowest BCUT2D eigenvalue weighted by Crippen LogP contribution is -1.99. The Morgan fingerprint density at radius 3 is 2.17 bits per heavy atom. The number of nitrogens with two attached hydrogens (primary N) is 2. The highest BCUT2D eigenvalue weighted by molar-refractivity contribution is 5.73. The van der Waals surface area contributed by atoms with Gasteiger partial charge < -0.3 is 16.9 Å². The highest BCUT2D eigenvalue weighted by Crippen LogP contribution is 1.63. The second-order valence-electron chi connectivity index (χ2n) is 0.811. The summed E-state index contributed by atoms with van der Waals surface area (Å²) >= 11 is 0. The molecule has 0 radical (unpaired) electrons. The fourth-order valence-electron chi connectivity index (χ4n) is 0.0481. The molecule has 0 fully saturated rings. The van der Waals surface area contributed by atoms with E-state index in [0.29, 0.717) is 0 Å². The average molecular weight is 85.1 g/mol. The first-order valence-corrected chi connectivity index (χ1v) is 1.49. The quantitative estimate of drug-likeness (QED) is 0.372. The molecule has 0 unspecified atom stereocenters. The normalized spacial score (nSPS) is 11.0. The molecular weight excluding hydrogens is 78.1 g/mol. The largest absolute Gasteiger partial charge is 0.403 e. The zero-order valence-electron chi connectivity index (χ0n) is 3.31. The molecule has 6 heavy (non-hydrogen) atoms. The van der Waals surface area contributed by atoms with Crippen LogP contribution in [0.5, 0.6) is 0 Å². The van der Waals surface area contributed by atoms with E-state index >= 15 is 0 Å². The van der Waals surface area contributed by atoms with Gasteiger partial charge in [-0.3, -0.25) is 0 Å². The molecule has 3 heteroatoms. The fraction of sp³-hybridized carbons (Fsp3) is 0. The fourth-order valence-corrected chi connectivity index (χ4v) is 0.0481. The maximum absolute atomic E-state index is 6.41. The third kappa shape index (κ3) is 1.34. The molecule has 34 valence electrons. The molecule has 0 amide bonds. The Labute approximate surface area is 36.1 Å². The van der Waals surface area contributed by atoms with Crippen LogP contribution in [0.4, 0.5) is 0 Å². The van der Waals surface area contributed by atoms with Crippen molar-refractivity contribution in [1.29, 1.82) is 5.41 Å². The Balaban J connectivity index is 3.50. The number of hydrogen-bond donors (Lipinski definition) is 3. The maximum atomic E-state index is 6.41. The molecule has 0 aromatic rings. The Kier molecular flexibility index (Phi) is 1.89. The second-order valence-corrected chi connectivity index (χ2v) is 0.811. The van der Waals surface area contributed by atoms with Gasteiger partial charge in [-0.05, 0) is 0 Å². The molecule has 0 saturated heterocycles. The minimum atomic E-state index is 0.287. The van der Waals surface area contributed by atoms with Crippen LogP contribution in [0.25, 0.3) is 0 Å². The summed E-state index contributed by atoms with van der Waals surface area (Å²) < 4.78 is 0. The summed E-state index contributed by atoms with van der Waals surface area (Å²) in [6.07, 6.45) is 2.16. The lowest BCUT2D eigenvalue weighted by molar-refractivity contribution is 1.40. The predicted molar refractivity (Wildman–Crippen MR) is 25.2 cm³/mol. The Bertz CT molecular complexity index is 74.1. The van der Waals surface area contributed by atoms with Crippen LogP contribution in [-0.2, 0) is 0 Å². The summed E-state index contributed by atoms with van der Waals surface area (Å²) in [6, 6.07) is 0. The predicted octanol–water partition coefficient (Wildman–Crippen LogP) is -0.605. The van der Waals surface area contributed by atoms with Gasteiger partial charge in [0.15, 0.2) is 0 Å². The van der Waals surface area contributed by atoms with E-state index in [-0.39, 0.29) is 5.70 Å². The van der Waals surface area contributed by atoms with Crippen LogP contribution >= 0.6 is 0 Å². The van der Waals surface area contributed by atoms with Gasteiger partial charge in [-0.1, -0.05) is 0 Å².